The van der Waals surface area contributed by atoms with Crippen molar-refractivity contribution in [2.24, 2.45) is 0 Å². The Hall–Kier alpha value is -2.48. The van der Waals surface area contributed by atoms with Gasteiger partial charge in [0.25, 0.3) is 11.5 Å². The lowest BCUT2D eigenvalue weighted by molar-refractivity contribution is 0.102. The Bertz CT molecular complexity index is 860. The van der Waals surface area contributed by atoms with Crippen LogP contribution in [0.15, 0.2) is 22.6 Å². The summed E-state index contributed by atoms with van der Waals surface area (Å²) in [5.41, 5.74) is 1.30. The van der Waals surface area contributed by atoms with Crippen LogP contribution in [0.4, 0.5) is 5.82 Å². The summed E-state index contributed by atoms with van der Waals surface area (Å²) in [5, 5.41) is 11.1. The van der Waals surface area contributed by atoms with Gasteiger partial charge in [-0.25, -0.2) is 4.98 Å². The second-order valence-electron chi connectivity index (χ2n) is 4.31. The Morgan fingerprint density at radius 2 is 2.25 bits per heavy atom. The molecule has 8 heteroatoms. The van der Waals surface area contributed by atoms with Crippen molar-refractivity contribution in [3.05, 3.63) is 44.9 Å². The zero-order valence-corrected chi connectivity index (χ0v) is 11.6. The van der Waals surface area contributed by atoms with Crippen molar-refractivity contribution >= 4 is 28.0 Å². The molecule has 2 N–H and O–H groups in total. The first-order valence-electron chi connectivity index (χ1n) is 5.85. The predicted molar refractivity (Wildman–Crippen MR) is 75.4 cm³/mol. The van der Waals surface area contributed by atoms with Crippen LogP contribution >= 0.6 is 11.3 Å². The molecule has 1 amide bonds. The van der Waals surface area contributed by atoms with E-state index in [-0.39, 0.29) is 5.56 Å². The van der Waals surface area contributed by atoms with Crippen LogP contribution in [0.5, 0.6) is 0 Å². The first-order chi connectivity index (χ1) is 9.58. The average Bonchev–Trinajstić information content (AvgIpc) is 3.01. The summed E-state index contributed by atoms with van der Waals surface area (Å²) in [6.07, 6.45) is 2.88. The molecule has 0 saturated heterocycles. The molecule has 3 heterocycles. The second kappa shape index (κ2) is 4.57. The van der Waals surface area contributed by atoms with Gasteiger partial charge in [0, 0.05) is 29.0 Å². The van der Waals surface area contributed by atoms with Gasteiger partial charge in [-0.3, -0.25) is 19.1 Å². The predicted octanol–water partition coefficient (Wildman–Crippen LogP) is 1.35. The first kappa shape index (κ1) is 12.5. The van der Waals surface area contributed by atoms with Gasteiger partial charge in [0.05, 0.1) is 0 Å². The number of aromatic amines is 1. The van der Waals surface area contributed by atoms with E-state index in [1.165, 1.54) is 21.9 Å². The maximum Gasteiger partial charge on any atom is 0.271 e. The molecule has 20 heavy (non-hydrogen) atoms. The molecular formula is C12H11N5O2S. The second-order valence-corrected chi connectivity index (χ2v) is 5.18. The minimum absolute atomic E-state index is 0.0130. The Morgan fingerprint density at radius 3 is 2.95 bits per heavy atom. The van der Waals surface area contributed by atoms with E-state index < -0.39 is 11.5 Å². The van der Waals surface area contributed by atoms with Gasteiger partial charge in [0.15, 0.2) is 10.8 Å². The Labute approximate surface area is 117 Å². The van der Waals surface area contributed by atoms with Crippen LogP contribution in [0.2, 0.25) is 0 Å². The number of hydrogen-bond donors (Lipinski definition) is 2. The highest BCUT2D eigenvalue weighted by molar-refractivity contribution is 7.15. The third-order valence-corrected chi connectivity index (χ3v) is 3.84. The molecule has 0 saturated carbocycles. The first-order valence-corrected chi connectivity index (χ1v) is 6.73. The molecule has 3 aromatic rings. The lowest BCUT2D eigenvalue weighted by atomic mass is 10.2. The monoisotopic (exact) mass is 289 g/mol. The van der Waals surface area contributed by atoms with Gasteiger partial charge >= 0.3 is 0 Å². The number of nitrogens with zero attached hydrogens (tertiary/aromatic N) is 3. The quantitative estimate of drug-likeness (QED) is 0.744. The van der Waals surface area contributed by atoms with E-state index in [4.69, 9.17) is 0 Å². The molecule has 0 atom stereocenters. The van der Waals surface area contributed by atoms with Gasteiger partial charge in [-0.15, -0.1) is 11.3 Å². The smallest absolute Gasteiger partial charge is 0.271 e. The van der Waals surface area contributed by atoms with Crippen molar-refractivity contribution in [1.82, 2.24) is 19.6 Å². The number of carbonyl (C=O) groups is 1. The minimum atomic E-state index is -0.516. The number of thiazole rings is 1. The number of aromatic nitrogens is 4. The van der Waals surface area contributed by atoms with E-state index >= 15 is 0 Å². The third-order valence-electron chi connectivity index (χ3n) is 3.07. The SMILES string of the molecule is Cc1[nH]nc(NC(=O)c2cnc3sccn3c2=O)c1C. The highest BCUT2D eigenvalue weighted by atomic mass is 32.1. The number of H-pyrrole nitrogens is 1. The molecule has 0 radical (unpaired) electrons. The number of carbonyl (C=O) groups excluding carboxylic acids is 1. The molecule has 0 aliphatic carbocycles. The molecule has 0 aromatic carbocycles. The van der Waals surface area contributed by atoms with Crippen LogP contribution in [0.25, 0.3) is 4.96 Å². The van der Waals surface area contributed by atoms with Crippen molar-refractivity contribution in [1.29, 1.82) is 0 Å². The Kier molecular flexibility index (Phi) is 2.87. The van der Waals surface area contributed by atoms with Gasteiger partial charge in [-0.05, 0) is 13.8 Å². The van der Waals surface area contributed by atoms with Gasteiger partial charge in [-0.1, -0.05) is 0 Å². The molecular weight excluding hydrogens is 278 g/mol. The zero-order valence-electron chi connectivity index (χ0n) is 10.8. The topological polar surface area (TPSA) is 92.2 Å². The average molecular weight is 289 g/mol. The van der Waals surface area contributed by atoms with Gasteiger partial charge < -0.3 is 5.32 Å². The lowest BCUT2D eigenvalue weighted by Gasteiger charge is -2.02. The highest BCUT2D eigenvalue weighted by Crippen LogP contribution is 2.14. The Balaban J connectivity index is 1.98. The summed E-state index contributed by atoms with van der Waals surface area (Å²) in [6.45, 7) is 3.69. The van der Waals surface area contributed by atoms with E-state index in [0.717, 1.165) is 11.3 Å². The van der Waals surface area contributed by atoms with Crippen molar-refractivity contribution in [2.45, 2.75) is 13.8 Å². The van der Waals surface area contributed by atoms with Crippen LogP contribution in [0.1, 0.15) is 21.6 Å². The maximum atomic E-state index is 12.2. The highest BCUT2D eigenvalue weighted by Gasteiger charge is 2.16. The third kappa shape index (κ3) is 1.90. The molecule has 3 rings (SSSR count). The normalized spacial score (nSPS) is 10.9. The molecule has 0 spiro atoms. The molecule has 3 aromatic heterocycles. The van der Waals surface area contributed by atoms with Crippen molar-refractivity contribution in [3.63, 3.8) is 0 Å². The van der Waals surface area contributed by atoms with E-state index in [1.807, 2.05) is 13.8 Å². The number of amides is 1. The number of rotatable bonds is 2. The molecule has 102 valence electrons. The van der Waals surface area contributed by atoms with Gasteiger partial charge in [0.1, 0.15) is 5.56 Å². The fourth-order valence-corrected chi connectivity index (χ4v) is 2.44. The number of hydrogen-bond acceptors (Lipinski definition) is 5. The molecule has 0 bridgehead atoms. The van der Waals surface area contributed by atoms with Crippen molar-refractivity contribution in [2.75, 3.05) is 5.32 Å². The summed E-state index contributed by atoms with van der Waals surface area (Å²) >= 11 is 1.33. The van der Waals surface area contributed by atoms with Crippen molar-refractivity contribution in [3.8, 4) is 0 Å². The van der Waals surface area contributed by atoms with Crippen LogP contribution < -0.4 is 10.9 Å². The molecule has 0 fully saturated rings. The number of fused-ring (bicyclic) bond motifs is 1. The number of aryl methyl sites for hydroxylation is 1. The van der Waals surface area contributed by atoms with Gasteiger partial charge in [-0.2, -0.15) is 5.10 Å². The van der Waals surface area contributed by atoms with Crippen LogP contribution in [-0.4, -0.2) is 25.5 Å². The van der Waals surface area contributed by atoms with Crippen LogP contribution in [0, 0.1) is 13.8 Å². The fraction of sp³-hybridized carbons (Fsp3) is 0.167. The maximum absolute atomic E-state index is 12.2. The largest absolute Gasteiger partial charge is 0.305 e. The minimum Gasteiger partial charge on any atom is -0.305 e. The Morgan fingerprint density at radius 1 is 1.45 bits per heavy atom. The molecule has 0 unspecified atom stereocenters. The zero-order chi connectivity index (χ0) is 14.3. The lowest BCUT2D eigenvalue weighted by Crippen LogP contribution is -2.26. The van der Waals surface area contributed by atoms with Crippen LogP contribution in [0.3, 0.4) is 0 Å². The summed E-state index contributed by atoms with van der Waals surface area (Å²) < 4.78 is 1.35. The fourth-order valence-electron chi connectivity index (χ4n) is 1.76. The number of anilines is 1. The molecule has 7 nitrogen and oxygen atoms in total. The summed E-state index contributed by atoms with van der Waals surface area (Å²) in [5.74, 6) is -0.0972. The van der Waals surface area contributed by atoms with E-state index in [9.17, 15) is 9.59 Å². The summed E-state index contributed by atoms with van der Waals surface area (Å²) in [6, 6.07) is 0. The molecule has 0 aliphatic rings. The van der Waals surface area contributed by atoms with E-state index in [2.05, 4.69) is 20.5 Å². The van der Waals surface area contributed by atoms with E-state index in [1.54, 1.807) is 11.6 Å². The van der Waals surface area contributed by atoms with E-state index in [0.29, 0.717) is 10.8 Å². The standard InChI is InChI=1S/C12H11N5O2S/c1-6-7(2)15-16-9(6)14-10(18)8-5-13-12-17(11(8)19)3-4-20-12/h3-5H,1-2H3,(H2,14,15,16,18). The molecule has 0 aliphatic heterocycles. The summed E-state index contributed by atoms with van der Waals surface area (Å²) in [4.78, 5) is 28.9. The van der Waals surface area contributed by atoms with Crippen molar-refractivity contribution < 1.29 is 4.79 Å². The van der Waals surface area contributed by atoms with Gasteiger partial charge in [0.2, 0.25) is 0 Å². The number of nitrogens with one attached hydrogen (secondary N) is 2. The van der Waals surface area contributed by atoms with Crippen LogP contribution in [-0.2, 0) is 0 Å². The summed E-state index contributed by atoms with van der Waals surface area (Å²) in [7, 11) is 0.